The van der Waals surface area contributed by atoms with Gasteiger partial charge in [0.15, 0.2) is 6.10 Å². The highest BCUT2D eigenvalue weighted by Gasteiger charge is 2.26. The molecule has 9 nitrogen and oxygen atoms in total. The van der Waals surface area contributed by atoms with E-state index >= 15 is 0 Å². The Labute approximate surface area is 419 Å². The molecule has 0 heterocycles. The number of phosphoric ester groups is 1. The maximum absolute atomic E-state index is 12.7. The summed E-state index contributed by atoms with van der Waals surface area (Å²) in [4.78, 5) is 35.2. The van der Waals surface area contributed by atoms with Crippen molar-refractivity contribution in [1.29, 1.82) is 0 Å². The highest BCUT2D eigenvalue weighted by molar-refractivity contribution is 7.47. The lowest BCUT2D eigenvalue weighted by Crippen LogP contribution is -2.29. The van der Waals surface area contributed by atoms with Crippen molar-refractivity contribution in [2.75, 3.05) is 26.4 Å². The number of esters is 2. The summed E-state index contributed by atoms with van der Waals surface area (Å²) in [5, 5.41) is 0. The first-order valence-electron chi connectivity index (χ1n) is 28.6. The van der Waals surface area contributed by atoms with Crippen molar-refractivity contribution in [3.63, 3.8) is 0 Å². The quantitative estimate of drug-likeness (QED) is 0.0264. The molecule has 0 bridgehead atoms. The molecule has 0 radical (unpaired) electrons. The van der Waals surface area contributed by atoms with Crippen LogP contribution < -0.4 is 5.73 Å². The number of carbonyl (C=O) groups excluding carboxylic acids is 2. The van der Waals surface area contributed by atoms with Crippen molar-refractivity contribution in [2.45, 2.75) is 283 Å². The number of unbranched alkanes of at least 4 members (excludes halogenated alkanes) is 33. The molecule has 0 aromatic rings. The standard InChI is InChI=1S/C58H108NO8P/c1-3-5-7-9-11-13-15-17-19-21-23-24-25-26-27-28-29-30-31-32-33-35-37-39-41-43-45-47-49-51-58(61)67-56(55-66-68(62,63)65-53-52-59)54-64-57(60)50-48-46-44-42-40-38-36-34-22-20-18-16-14-12-10-8-6-4-2/h5,7,11,13,17,19,23-24,56H,3-4,6,8-10,12,14-16,18,20-22,25-55,59H2,1-2H3,(H,62,63)/b7-5-,13-11-,19-17-,24-23-. The van der Waals surface area contributed by atoms with E-state index in [4.69, 9.17) is 24.3 Å². The van der Waals surface area contributed by atoms with Crippen molar-refractivity contribution in [3.8, 4) is 0 Å². The summed E-state index contributed by atoms with van der Waals surface area (Å²) in [6, 6.07) is 0. The number of carbonyl (C=O) groups is 2. The van der Waals surface area contributed by atoms with E-state index < -0.39 is 26.5 Å². The van der Waals surface area contributed by atoms with Crippen LogP contribution in [0.2, 0.25) is 0 Å². The zero-order valence-corrected chi connectivity index (χ0v) is 45.2. The fraction of sp³-hybridized carbons (Fsp3) is 0.828. The summed E-state index contributed by atoms with van der Waals surface area (Å²) in [5.74, 6) is -0.813. The van der Waals surface area contributed by atoms with Crippen LogP contribution in [0.25, 0.3) is 0 Å². The van der Waals surface area contributed by atoms with E-state index in [9.17, 15) is 19.0 Å². The van der Waals surface area contributed by atoms with Gasteiger partial charge in [0, 0.05) is 19.4 Å². The number of allylic oxidation sites excluding steroid dienone is 8. The molecule has 0 aromatic carbocycles. The van der Waals surface area contributed by atoms with Crippen LogP contribution in [0.15, 0.2) is 48.6 Å². The van der Waals surface area contributed by atoms with Gasteiger partial charge in [0.25, 0.3) is 0 Å². The summed E-state index contributed by atoms with van der Waals surface area (Å²) in [5.41, 5.74) is 5.38. The van der Waals surface area contributed by atoms with Gasteiger partial charge in [-0.15, -0.1) is 0 Å². The van der Waals surface area contributed by atoms with E-state index in [2.05, 4.69) is 62.5 Å². The van der Waals surface area contributed by atoms with Gasteiger partial charge in [0.2, 0.25) is 0 Å². The van der Waals surface area contributed by atoms with Crippen molar-refractivity contribution in [3.05, 3.63) is 48.6 Å². The smallest absolute Gasteiger partial charge is 0.462 e. The van der Waals surface area contributed by atoms with Crippen LogP contribution in [0, 0.1) is 0 Å². The van der Waals surface area contributed by atoms with Crippen LogP contribution in [0.3, 0.4) is 0 Å². The second-order valence-electron chi connectivity index (χ2n) is 19.1. The highest BCUT2D eigenvalue weighted by Crippen LogP contribution is 2.43. The molecule has 0 aromatic heterocycles. The number of hydrogen-bond donors (Lipinski definition) is 2. The molecule has 0 amide bonds. The van der Waals surface area contributed by atoms with Crippen LogP contribution in [0.4, 0.5) is 0 Å². The normalized spacial score (nSPS) is 13.4. The molecule has 0 rings (SSSR count). The van der Waals surface area contributed by atoms with Crippen LogP contribution in [0.1, 0.15) is 277 Å². The van der Waals surface area contributed by atoms with E-state index in [0.717, 1.165) is 64.2 Å². The van der Waals surface area contributed by atoms with Gasteiger partial charge >= 0.3 is 19.8 Å². The number of hydrogen-bond acceptors (Lipinski definition) is 8. The molecule has 0 aliphatic rings. The maximum Gasteiger partial charge on any atom is 0.472 e. The van der Waals surface area contributed by atoms with Gasteiger partial charge in [-0.1, -0.05) is 262 Å². The Morgan fingerprint density at radius 1 is 0.456 bits per heavy atom. The Hall–Kier alpha value is -2.03. The first-order chi connectivity index (χ1) is 33.3. The van der Waals surface area contributed by atoms with Gasteiger partial charge in [-0.05, 0) is 51.4 Å². The zero-order valence-electron chi connectivity index (χ0n) is 44.3. The fourth-order valence-corrected chi connectivity index (χ4v) is 9.04. The molecule has 0 aliphatic carbocycles. The Morgan fingerprint density at radius 2 is 0.809 bits per heavy atom. The monoisotopic (exact) mass is 978 g/mol. The minimum absolute atomic E-state index is 0.0548. The summed E-state index contributed by atoms with van der Waals surface area (Å²) in [6.07, 6.45) is 65.9. The van der Waals surface area contributed by atoms with Crippen molar-refractivity contribution < 1.29 is 37.6 Å². The SMILES string of the molecule is CC/C=C\C/C=C\C/C=C\C/C=C\CCCCCCCCCCCCCCCCCCC(=O)OC(COC(=O)CCCCCCCCCCCCCCCCCCCC)COP(=O)(O)OCCN. The Kier molecular flexibility index (Phi) is 52.7. The van der Waals surface area contributed by atoms with Gasteiger partial charge in [0.1, 0.15) is 6.61 Å². The number of rotatable bonds is 54. The maximum atomic E-state index is 12.7. The van der Waals surface area contributed by atoms with Gasteiger partial charge < -0.3 is 20.1 Å². The Bertz CT molecular complexity index is 1250. The number of ether oxygens (including phenoxy) is 2. The van der Waals surface area contributed by atoms with E-state index in [1.165, 1.54) is 180 Å². The molecule has 2 atom stereocenters. The third kappa shape index (κ3) is 53.3. The molecule has 0 saturated heterocycles. The second-order valence-corrected chi connectivity index (χ2v) is 20.6. The van der Waals surface area contributed by atoms with Gasteiger partial charge in [-0.3, -0.25) is 18.6 Å². The third-order valence-electron chi connectivity index (χ3n) is 12.5. The summed E-state index contributed by atoms with van der Waals surface area (Å²) in [6.45, 7) is 3.68. The fourth-order valence-electron chi connectivity index (χ4n) is 8.28. The average molecular weight is 978 g/mol. The van der Waals surface area contributed by atoms with E-state index in [1.54, 1.807) is 0 Å². The molecule has 3 N–H and O–H groups in total. The lowest BCUT2D eigenvalue weighted by molar-refractivity contribution is -0.161. The summed E-state index contributed by atoms with van der Waals surface area (Å²) < 4.78 is 33.0. The first kappa shape index (κ1) is 66.0. The molecular formula is C58H108NO8P. The van der Waals surface area contributed by atoms with Crippen LogP contribution in [0.5, 0.6) is 0 Å². The molecule has 0 fully saturated rings. The second kappa shape index (κ2) is 54.3. The number of phosphoric acid groups is 1. The first-order valence-corrected chi connectivity index (χ1v) is 30.1. The average Bonchev–Trinajstić information content (AvgIpc) is 3.33. The van der Waals surface area contributed by atoms with Gasteiger partial charge in [-0.25, -0.2) is 4.57 Å². The molecule has 2 unspecified atom stereocenters. The van der Waals surface area contributed by atoms with E-state index in [1.807, 2.05) is 0 Å². The third-order valence-corrected chi connectivity index (χ3v) is 13.5. The molecular weight excluding hydrogens is 870 g/mol. The van der Waals surface area contributed by atoms with Gasteiger partial charge in [0.05, 0.1) is 13.2 Å². The molecule has 10 heteroatoms. The van der Waals surface area contributed by atoms with Crippen molar-refractivity contribution in [2.24, 2.45) is 5.73 Å². The molecule has 68 heavy (non-hydrogen) atoms. The van der Waals surface area contributed by atoms with Crippen LogP contribution in [-0.4, -0.2) is 49.3 Å². The molecule has 0 saturated carbocycles. The van der Waals surface area contributed by atoms with Crippen LogP contribution in [-0.2, 0) is 32.7 Å². The molecule has 398 valence electrons. The van der Waals surface area contributed by atoms with Crippen LogP contribution >= 0.6 is 7.82 Å². The lowest BCUT2D eigenvalue weighted by atomic mass is 10.0. The Morgan fingerprint density at radius 3 is 1.21 bits per heavy atom. The van der Waals surface area contributed by atoms with Crippen molar-refractivity contribution >= 4 is 19.8 Å². The van der Waals surface area contributed by atoms with Gasteiger partial charge in [-0.2, -0.15) is 0 Å². The number of nitrogens with two attached hydrogens (primary N) is 1. The molecule has 0 spiro atoms. The summed E-state index contributed by atoms with van der Waals surface area (Å²) >= 11 is 0. The lowest BCUT2D eigenvalue weighted by Gasteiger charge is -2.19. The van der Waals surface area contributed by atoms with E-state index in [-0.39, 0.29) is 38.6 Å². The minimum atomic E-state index is -4.38. The molecule has 0 aliphatic heterocycles. The summed E-state index contributed by atoms with van der Waals surface area (Å²) in [7, 11) is -4.38. The predicted octanol–water partition coefficient (Wildman–Crippen LogP) is 17.8. The van der Waals surface area contributed by atoms with Crippen molar-refractivity contribution in [1.82, 2.24) is 0 Å². The topological polar surface area (TPSA) is 134 Å². The largest absolute Gasteiger partial charge is 0.472 e. The minimum Gasteiger partial charge on any atom is -0.462 e. The predicted molar refractivity (Wildman–Crippen MR) is 289 cm³/mol. The Balaban J connectivity index is 3.92. The zero-order chi connectivity index (χ0) is 49.5. The highest BCUT2D eigenvalue weighted by atomic mass is 31.2. The van der Waals surface area contributed by atoms with E-state index in [0.29, 0.717) is 6.42 Å².